The van der Waals surface area contributed by atoms with Crippen LogP contribution in [0.15, 0.2) is 56.6 Å². The molecule has 0 amide bonds. The van der Waals surface area contributed by atoms with Crippen LogP contribution in [0.25, 0.3) is 11.1 Å². The molecule has 3 aromatic rings. The Bertz CT molecular complexity index is 1230. The van der Waals surface area contributed by atoms with E-state index in [1.54, 1.807) is 16.4 Å². The molecular formula is C22H24N2O4S. The minimum atomic E-state index is -3.77. The Hall–Kier alpha value is -2.38. The molecule has 1 aliphatic heterocycles. The van der Waals surface area contributed by atoms with Gasteiger partial charge in [-0.15, -0.1) is 0 Å². The van der Waals surface area contributed by atoms with E-state index >= 15 is 0 Å². The van der Waals surface area contributed by atoms with Crippen LogP contribution in [0.1, 0.15) is 56.1 Å². The van der Waals surface area contributed by atoms with E-state index in [0.29, 0.717) is 18.0 Å². The number of rotatable bonds is 2. The van der Waals surface area contributed by atoms with Crippen molar-refractivity contribution in [3.63, 3.8) is 0 Å². The zero-order valence-corrected chi connectivity index (χ0v) is 17.2. The fourth-order valence-electron chi connectivity index (χ4n) is 5.30. The fraction of sp³-hybridized carbons (Fsp3) is 0.409. The first kappa shape index (κ1) is 18.6. The van der Waals surface area contributed by atoms with Gasteiger partial charge in [-0.3, -0.25) is 4.98 Å². The van der Waals surface area contributed by atoms with Gasteiger partial charge in [0.1, 0.15) is 0 Å². The Labute approximate surface area is 169 Å². The zero-order valence-electron chi connectivity index (χ0n) is 16.3. The quantitative estimate of drug-likeness (QED) is 0.686. The number of nitrogens with one attached hydrogen (secondary N) is 1. The summed E-state index contributed by atoms with van der Waals surface area (Å²) in [6.07, 6.45) is 4.67. The molecule has 1 N–H and O–H groups in total. The van der Waals surface area contributed by atoms with Crippen LogP contribution in [0, 0.1) is 0 Å². The molecule has 6 nitrogen and oxygen atoms in total. The van der Waals surface area contributed by atoms with Crippen LogP contribution in [0.2, 0.25) is 0 Å². The van der Waals surface area contributed by atoms with Crippen LogP contribution in [-0.2, 0) is 16.6 Å². The van der Waals surface area contributed by atoms with Crippen LogP contribution >= 0.6 is 0 Å². The molecule has 152 valence electrons. The van der Waals surface area contributed by atoms with Gasteiger partial charge in [0.15, 0.2) is 5.58 Å². The van der Waals surface area contributed by atoms with Crippen molar-refractivity contribution in [1.82, 2.24) is 9.29 Å². The minimum Gasteiger partial charge on any atom is -0.408 e. The lowest BCUT2D eigenvalue weighted by Gasteiger charge is -2.40. The van der Waals surface area contributed by atoms with Gasteiger partial charge in [-0.1, -0.05) is 44.0 Å². The topological polar surface area (TPSA) is 83.4 Å². The Morgan fingerprint density at radius 1 is 1.14 bits per heavy atom. The lowest BCUT2D eigenvalue weighted by atomic mass is 9.84. The molecule has 1 fully saturated rings. The Kier molecular flexibility index (Phi) is 4.22. The van der Waals surface area contributed by atoms with Gasteiger partial charge in [0.25, 0.3) is 0 Å². The van der Waals surface area contributed by atoms with Crippen LogP contribution in [0.3, 0.4) is 0 Å². The van der Waals surface area contributed by atoms with Gasteiger partial charge in [0.05, 0.1) is 10.4 Å². The highest BCUT2D eigenvalue weighted by molar-refractivity contribution is 7.89. The summed E-state index contributed by atoms with van der Waals surface area (Å²) >= 11 is 0. The molecule has 1 aliphatic carbocycles. The third-order valence-corrected chi connectivity index (χ3v) is 8.58. The number of sulfonamides is 1. The van der Waals surface area contributed by atoms with Gasteiger partial charge in [-0.2, -0.15) is 4.31 Å². The Morgan fingerprint density at radius 3 is 2.69 bits per heavy atom. The summed E-state index contributed by atoms with van der Waals surface area (Å²) in [5, 5.41) is 0. The zero-order chi connectivity index (χ0) is 20.2. The maximum atomic E-state index is 13.9. The van der Waals surface area contributed by atoms with Crippen molar-refractivity contribution in [3.8, 4) is 0 Å². The molecule has 1 unspecified atom stereocenters. The summed E-state index contributed by atoms with van der Waals surface area (Å²) in [6.45, 7) is 2.58. The SMILES string of the molecule is CC1CC2(CCCC2)N(S(=O)(=O)c2ccc3[nH]c(=O)oc3c2)Cc2ccccc21. The Morgan fingerprint density at radius 2 is 1.90 bits per heavy atom. The first-order valence-corrected chi connectivity index (χ1v) is 11.6. The maximum absolute atomic E-state index is 13.9. The van der Waals surface area contributed by atoms with Crippen molar-refractivity contribution in [1.29, 1.82) is 0 Å². The Balaban J connectivity index is 1.66. The second kappa shape index (κ2) is 6.57. The monoisotopic (exact) mass is 412 g/mol. The third kappa shape index (κ3) is 2.95. The summed E-state index contributed by atoms with van der Waals surface area (Å²) in [5.41, 5.74) is 2.70. The number of benzene rings is 2. The van der Waals surface area contributed by atoms with E-state index in [9.17, 15) is 13.2 Å². The van der Waals surface area contributed by atoms with Crippen molar-refractivity contribution in [2.24, 2.45) is 0 Å². The van der Waals surface area contributed by atoms with Gasteiger partial charge in [0.2, 0.25) is 10.0 Å². The predicted octanol–water partition coefficient (Wildman–Crippen LogP) is 4.13. The molecule has 29 heavy (non-hydrogen) atoms. The van der Waals surface area contributed by atoms with Gasteiger partial charge in [0, 0.05) is 18.2 Å². The second-order valence-corrected chi connectivity index (χ2v) is 10.3. The van der Waals surface area contributed by atoms with E-state index in [2.05, 4.69) is 18.0 Å². The highest BCUT2D eigenvalue weighted by atomic mass is 32.2. The van der Waals surface area contributed by atoms with Crippen LogP contribution in [0.5, 0.6) is 0 Å². The summed E-state index contributed by atoms with van der Waals surface area (Å²) in [4.78, 5) is 14.2. The molecule has 2 heterocycles. The fourth-order valence-corrected chi connectivity index (χ4v) is 7.13. The van der Waals surface area contributed by atoms with E-state index < -0.39 is 15.8 Å². The standard InChI is InChI=1S/C22H24N2O4S/c1-15-13-22(10-4-5-11-22)24(14-16-6-2-3-7-18(15)16)29(26,27)17-8-9-19-20(12-17)28-21(25)23-19/h2-3,6-9,12,15H,4-5,10-11,13-14H2,1H3,(H,23,25). The third-order valence-electron chi connectivity index (χ3n) is 6.63. The molecule has 1 saturated carbocycles. The normalized spacial score (nSPS) is 22.0. The van der Waals surface area contributed by atoms with Gasteiger partial charge >= 0.3 is 5.76 Å². The molecule has 5 rings (SSSR count). The molecule has 0 saturated heterocycles. The summed E-state index contributed by atoms with van der Waals surface area (Å²) < 4.78 is 34.6. The van der Waals surface area contributed by atoms with Crippen molar-refractivity contribution in [2.45, 2.75) is 61.9 Å². The summed E-state index contributed by atoms with van der Waals surface area (Å²) in [7, 11) is -3.77. The van der Waals surface area contributed by atoms with E-state index in [1.165, 1.54) is 11.6 Å². The largest absolute Gasteiger partial charge is 0.417 e. The van der Waals surface area contributed by atoms with Gasteiger partial charge < -0.3 is 4.42 Å². The number of fused-ring (bicyclic) bond motifs is 2. The first-order valence-electron chi connectivity index (χ1n) is 10.1. The molecule has 1 atom stereocenters. The average molecular weight is 413 g/mol. The lowest BCUT2D eigenvalue weighted by molar-refractivity contribution is 0.169. The molecule has 1 aromatic heterocycles. The maximum Gasteiger partial charge on any atom is 0.417 e. The molecule has 0 radical (unpaired) electrons. The highest BCUT2D eigenvalue weighted by Crippen LogP contribution is 2.48. The van der Waals surface area contributed by atoms with Crippen molar-refractivity contribution in [3.05, 3.63) is 64.1 Å². The number of H-pyrrole nitrogens is 1. The van der Waals surface area contributed by atoms with Crippen molar-refractivity contribution in [2.75, 3.05) is 0 Å². The molecule has 2 aliphatic rings. The van der Waals surface area contributed by atoms with Crippen LogP contribution in [0.4, 0.5) is 0 Å². The van der Waals surface area contributed by atoms with E-state index in [1.807, 2.05) is 18.2 Å². The van der Waals surface area contributed by atoms with Crippen LogP contribution < -0.4 is 5.76 Å². The molecule has 0 bridgehead atoms. The van der Waals surface area contributed by atoms with Crippen molar-refractivity contribution < 1.29 is 12.8 Å². The summed E-state index contributed by atoms with van der Waals surface area (Å²) in [6, 6.07) is 12.8. The van der Waals surface area contributed by atoms with Gasteiger partial charge in [-0.25, -0.2) is 13.2 Å². The predicted molar refractivity (Wildman–Crippen MR) is 110 cm³/mol. The number of hydrogen-bond acceptors (Lipinski definition) is 4. The molecule has 1 spiro atoms. The minimum absolute atomic E-state index is 0.172. The molecule has 7 heteroatoms. The number of aromatic amines is 1. The number of oxazole rings is 1. The molecular weight excluding hydrogens is 388 g/mol. The number of hydrogen-bond donors (Lipinski definition) is 1. The smallest absolute Gasteiger partial charge is 0.408 e. The summed E-state index contributed by atoms with van der Waals surface area (Å²) in [5.74, 6) is -0.283. The van der Waals surface area contributed by atoms with Gasteiger partial charge in [-0.05, 0) is 48.4 Å². The van der Waals surface area contributed by atoms with Crippen LogP contribution in [-0.4, -0.2) is 23.2 Å². The first-order chi connectivity index (χ1) is 13.9. The van der Waals surface area contributed by atoms with E-state index in [-0.39, 0.29) is 16.0 Å². The van der Waals surface area contributed by atoms with E-state index in [0.717, 1.165) is 37.7 Å². The second-order valence-electron chi connectivity index (χ2n) is 8.42. The lowest BCUT2D eigenvalue weighted by Crippen LogP contribution is -2.49. The van der Waals surface area contributed by atoms with Crippen molar-refractivity contribution >= 4 is 21.1 Å². The molecule has 2 aromatic carbocycles. The highest BCUT2D eigenvalue weighted by Gasteiger charge is 2.48. The number of aromatic nitrogens is 1. The average Bonchev–Trinajstić information content (AvgIpc) is 3.28. The number of nitrogens with zero attached hydrogens (tertiary/aromatic N) is 1. The van der Waals surface area contributed by atoms with E-state index in [4.69, 9.17) is 4.42 Å².